The minimum atomic E-state index is -4.03. The summed E-state index contributed by atoms with van der Waals surface area (Å²) >= 11 is 0. The molecule has 0 saturated heterocycles. The Morgan fingerprint density at radius 3 is 1.14 bits per heavy atom. The van der Waals surface area contributed by atoms with E-state index in [2.05, 4.69) is 24.3 Å². The molecule has 2 aliphatic rings. The minimum Gasteiger partial charge on any atom is -0.453 e. The van der Waals surface area contributed by atoms with Crippen LogP contribution in [0.4, 0.5) is 0 Å². The van der Waals surface area contributed by atoms with Gasteiger partial charge in [-0.3, -0.25) is 0 Å². The average Bonchev–Trinajstić information content (AvgIpc) is 3.82. The van der Waals surface area contributed by atoms with Gasteiger partial charge in [0.1, 0.15) is 11.5 Å². The van der Waals surface area contributed by atoms with E-state index >= 15 is 9.13 Å². The summed E-state index contributed by atoms with van der Waals surface area (Å²) in [4.78, 5) is 0. The smallest absolute Gasteiger partial charge is 0.246 e. The Morgan fingerprint density at radius 2 is 0.722 bits per heavy atom. The fourth-order valence-corrected chi connectivity index (χ4v) is 16.7. The monoisotopic (exact) mass is 994 g/mol. The third kappa shape index (κ3) is 8.90. The molecule has 0 spiro atoms. The third-order valence-corrected chi connectivity index (χ3v) is 18.9. The van der Waals surface area contributed by atoms with Crippen LogP contribution in [0.25, 0.3) is 11.1 Å². The molecule has 0 saturated carbocycles. The Bertz CT molecular complexity index is 3390. The first-order valence-corrected chi connectivity index (χ1v) is 27.7. The van der Waals surface area contributed by atoms with Crippen molar-refractivity contribution in [2.45, 2.75) is 94.7 Å². The quantitative estimate of drug-likeness (QED) is 0.118. The number of hydrogen-bond donors (Lipinski definition) is 0. The summed E-state index contributed by atoms with van der Waals surface area (Å²) in [6.45, 7) is 23.5. The maximum atomic E-state index is 17.7. The topological polar surface area (TPSA) is 89.5 Å². The van der Waals surface area contributed by atoms with Crippen molar-refractivity contribution in [3.8, 4) is 57.1 Å². The lowest BCUT2D eigenvalue weighted by molar-refractivity contribution is -0.0448. The summed E-state index contributed by atoms with van der Waals surface area (Å²) in [5.41, 5.74) is 8.44. The summed E-state index contributed by atoms with van der Waals surface area (Å²) in [6.07, 6.45) is 0. The normalized spacial score (nSPS) is 14.3. The van der Waals surface area contributed by atoms with Gasteiger partial charge in [0, 0.05) is 65.3 Å². The van der Waals surface area contributed by atoms with Gasteiger partial charge in [0.15, 0.2) is 37.3 Å². The van der Waals surface area contributed by atoms with Crippen molar-refractivity contribution in [3.63, 3.8) is 0 Å². The molecular weight excluding hydrogens is 935 g/mol. The summed E-state index contributed by atoms with van der Waals surface area (Å²) in [7, 11) is -8.03. The van der Waals surface area contributed by atoms with Crippen molar-refractivity contribution in [3.05, 3.63) is 190 Å². The molecule has 10 heteroatoms. The molecule has 0 amide bonds. The lowest BCUT2D eigenvalue weighted by atomic mass is 10.0. The number of hydrogen-bond acceptors (Lipinski definition) is 8. The van der Waals surface area contributed by atoms with E-state index in [0.717, 1.165) is 44.5 Å². The second-order valence-corrected chi connectivity index (χ2v) is 26.0. The number of aryl methyl sites for hydroxylation is 8. The number of fused-ring (bicyclic) bond motifs is 2. The van der Waals surface area contributed by atoms with Crippen LogP contribution in [0.1, 0.15) is 72.2 Å². The SMILES string of the molecule is Cc1cc(C)cc(P(=O)(c2cc(C)cc(C)c2)c2cc(-c3c(P(=O)(c4cc(C)cc(C)c4)c4cc(C)cc(C)c4)cc(Oc4ccccc4)c4c3OC(C)(C)O4)c3c(c2Oc2ccccc2)OC(C)(C)O3)c1. The van der Waals surface area contributed by atoms with Crippen LogP contribution in [0.3, 0.4) is 0 Å². The van der Waals surface area contributed by atoms with Gasteiger partial charge >= 0.3 is 0 Å². The minimum absolute atomic E-state index is 0.235. The number of benzene rings is 8. The zero-order valence-corrected chi connectivity index (χ0v) is 44.8. The maximum Gasteiger partial charge on any atom is 0.246 e. The van der Waals surface area contributed by atoms with Crippen LogP contribution < -0.4 is 60.2 Å². The number of rotatable bonds is 11. The molecular formula is C62H60O8P2. The third-order valence-electron chi connectivity index (χ3n) is 12.9. The van der Waals surface area contributed by atoms with Crippen molar-refractivity contribution < 1.29 is 37.6 Å². The molecule has 0 N–H and O–H groups in total. The van der Waals surface area contributed by atoms with E-state index in [1.165, 1.54) is 0 Å². The molecule has 366 valence electrons. The van der Waals surface area contributed by atoms with Crippen molar-refractivity contribution in [2.24, 2.45) is 0 Å². The fraction of sp³-hybridized carbons (Fsp3) is 0.226. The highest BCUT2D eigenvalue weighted by Gasteiger charge is 2.48. The lowest BCUT2D eigenvalue weighted by Gasteiger charge is -2.28. The summed E-state index contributed by atoms with van der Waals surface area (Å²) in [5.74, 6) is 0.239. The first kappa shape index (κ1) is 48.6. The Balaban J connectivity index is 1.43. The van der Waals surface area contributed by atoms with Gasteiger partial charge < -0.3 is 37.6 Å². The van der Waals surface area contributed by atoms with E-state index in [-0.39, 0.29) is 17.2 Å². The van der Waals surface area contributed by atoms with Gasteiger partial charge in [-0.1, -0.05) is 105 Å². The first-order valence-electron chi connectivity index (χ1n) is 24.3. The van der Waals surface area contributed by atoms with E-state index in [1.807, 2.05) is 204 Å². The molecule has 0 aliphatic carbocycles. The van der Waals surface area contributed by atoms with Crippen LogP contribution >= 0.6 is 14.3 Å². The van der Waals surface area contributed by atoms with E-state index in [9.17, 15) is 0 Å². The molecule has 72 heavy (non-hydrogen) atoms. The Labute approximate surface area is 423 Å². The van der Waals surface area contributed by atoms with Crippen LogP contribution in [-0.4, -0.2) is 11.6 Å². The van der Waals surface area contributed by atoms with Gasteiger partial charge in [0.05, 0.1) is 5.30 Å². The molecule has 0 fully saturated rings. The number of ether oxygens (including phenoxy) is 6. The lowest BCUT2D eigenvalue weighted by Crippen LogP contribution is -2.30. The standard InChI is InChI=1S/C62H60O8P2/c1-37-23-38(2)28-47(27-37)71(63,48-29-39(3)24-40(4)30-48)53-36-52(65-45-19-15-13-16-20-45)57-59(69-62(11,12)68-57)55(53)51-35-54(58(66-46-21-17-14-18-22-46)60-56(51)67-61(9,10)70-60)72(64,49-31-41(5)25-42(6)32-49)50-33-43(7)26-44(8)34-50/h13-36H,1-12H3. The molecule has 0 bridgehead atoms. The van der Waals surface area contributed by atoms with Gasteiger partial charge in [-0.25, -0.2) is 0 Å². The summed E-state index contributed by atoms with van der Waals surface area (Å²) in [6, 6.07) is 46.9. The molecule has 2 aliphatic heterocycles. The molecule has 8 aromatic rings. The van der Waals surface area contributed by atoms with Crippen molar-refractivity contribution in [1.82, 2.24) is 0 Å². The predicted octanol–water partition coefficient (Wildman–Crippen LogP) is 13.7. The first-order chi connectivity index (χ1) is 34.1. The fourth-order valence-electron chi connectivity index (χ4n) is 10.3. The van der Waals surface area contributed by atoms with E-state index in [1.54, 1.807) is 0 Å². The van der Waals surface area contributed by atoms with E-state index in [0.29, 0.717) is 71.7 Å². The zero-order valence-electron chi connectivity index (χ0n) is 43.0. The Hall–Kier alpha value is -6.98. The molecule has 2 heterocycles. The molecule has 0 radical (unpaired) electrons. The van der Waals surface area contributed by atoms with Crippen LogP contribution in [-0.2, 0) is 9.13 Å². The van der Waals surface area contributed by atoms with Crippen molar-refractivity contribution in [1.29, 1.82) is 0 Å². The highest BCUT2D eigenvalue weighted by molar-refractivity contribution is 7.86. The van der Waals surface area contributed by atoms with Crippen LogP contribution in [0.5, 0.6) is 46.0 Å². The van der Waals surface area contributed by atoms with Crippen molar-refractivity contribution in [2.75, 3.05) is 0 Å². The summed E-state index contributed by atoms with van der Waals surface area (Å²) in [5, 5.41) is 3.21. The van der Waals surface area contributed by atoms with Crippen molar-refractivity contribution >= 4 is 46.1 Å². The van der Waals surface area contributed by atoms with Gasteiger partial charge in [-0.05, 0) is 140 Å². The summed E-state index contributed by atoms with van der Waals surface area (Å²) < 4.78 is 76.8. The van der Waals surface area contributed by atoms with Gasteiger partial charge in [-0.2, -0.15) is 0 Å². The highest BCUT2D eigenvalue weighted by atomic mass is 31.2. The zero-order chi connectivity index (χ0) is 51.1. The largest absolute Gasteiger partial charge is 0.453 e. The van der Waals surface area contributed by atoms with E-state index in [4.69, 9.17) is 28.4 Å². The highest BCUT2D eigenvalue weighted by Crippen LogP contribution is 2.63. The molecule has 0 unspecified atom stereocenters. The Morgan fingerprint density at radius 1 is 0.375 bits per heavy atom. The molecule has 8 aromatic carbocycles. The van der Waals surface area contributed by atoms with E-state index < -0.39 is 25.9 Å². The second-order valence-electron chi connectivity index (χ2n) is 20.5. The Kier molecular flexibility index (Phi) is 12.1. The number of para-hydroxylation sites is 2. The molecule has 8 nitrogen and oxygen atoms in total. The van der Waals surface area contributed by atoms with Crippen LogP contribution in [0.2, 0.25) is 0 Å². The van der Waals surface area contributed by atoms with Gasteiger partial charge in [0.2, 0.25) is 23.1 Å². The van der Waals surface area contributed by atoms with Gasteiger partial charge in [-0.15, -0.1) is 0 Å². The van der Waals surface area contributed by atoms with Crippen LogP contribution in [0.15, 0.2) is 146 Å². The maximum absolute atomic E-state index is 17.7. The predicted molar refractivity (Wildman–Crippen MR) is 292 cm³/mol. The molecule has 10 rings (SSSR count). The molecule has 0 atom stereocenters. The van der Waals surface area contributed by atoms with Crippen LogP contribution in [0, 0.1) is 55.4 Å². The van der Waals surface area contributed by atoms with Gasteiger partial charge in [0.25, 0.3) is 0 Å². The molecule has 0 aromatic heterocycles. The second kappa shape index (κ2) is 17.9. The average molecular weight is 995 g/mol.